The van der Waals surface area contributed by atoms with Crippen LogP contribution in [0.25, 0.3) is 54.8 Å². The fourth-order valence-corrected chi connectivity index (χ4v) is 6.37. The van der Waals surface area contributed by atoms with Crippen LogP contribution in [0.15, 0.2) is 67.3 Å². The Morgan fingerprint density at radius 2 is 1.79 bits per heavy atom. The van der Waals surface area contributed by atoms with Crippen LogP contribution in [-0.4, -0.2) is 31.7 Å². The number of thiophene rings is 1. The van der Waals surface area contributed by atoms with Crippen LogP contribution in [0.1, 0.15) is 31.2 Å². The molecule has 5 heterocycles. The molecule has 0 aliphatic heterocycles. The number of nitrogens with one attached hydrogen (secondary N) is 3. The fourth-order valence-electron chi connectivity index (χ4n) is 5.61. The molecule has 5 aromatic heterocycles. The molecule has 0 saturated heterocycles. The molecule has 0 unspecified atom stereocenters. The molecule has 1 fully saturated rings. The highest BCUT2D eigenvalue weighted by Gasteiger charge is 2.16. The second-order valence-corrected chi connectivity index (χ2v) is 11.2. The first-order chi connectivity index (χ1) is 18.7. The first-order valence-electron chi connectivity index (χ1n) is 13.1. The van der Waals surface area contributed by atoms with Crippen molar-refractivity contribution >= 4 is 33.1 Å². The van der Waals surface area contributed by atoms with E-state index in [4.69, 9.17) is 0 Å². The minimum Gasteiger partial charge on any atom is -0.352 e. The van der Waals surface area contributed by atoms with Gasteiger partial charge in [-0.25, -0.2) is 0 Å². The van der Waals surface area contributed by atoms with Gasteiger partial charge in [0.1, 0.15) is 5.69 Å². The molecule has 1 aromatic carbocycles. The Hall–Kier alpha value is -3.88. The van der Waals surface area contributed by atoms with Gasteiger partial charge >= 0.3 is 0 Å². The average Bonchev–Trinajstić information content (AvgIpc) is 3.74. The van der Waals surface area contributed by atoms with Gasteiger partial charge < -0.3 is 10.3 Å². The van der Waals surface area contributed by atoms with E-state index in [1.54, 1.807) is 18.5 Å². The molecule has 0 amide bonds. The molecule has 7 rings (SSSR count). The zero-order valence-electron chi connectivity index (χ0n) is 20.8. The summed E-state index contributed by atoms with van der Waals surface area (Å²) in [6.07, 6.45) is 12.9. The highest BCUT2D eigenvalue weighted by molar-refractivity contribution is 7.14. The van der Waals surface area contributed by atoms with Crippen molar-refractivity contribution in [2.75, 3.05) is 6.54 Å². The largest absolute Gasteiger partial charge is 0.352 e. The van der Waals surface area contributed by atoms with Gasteiger partial charge in [0.05, 0.1) is 22.9 Å². The number of aromatic nitrogens is 5. The fraction of sp³-hybridized carbons (Fsp3) is 0.233. The van der Waals surface area contributed by atoms with Crippen LogP contribution < -0.4 is 5.32 Å². The maximum absolute atomic E-state index is 13.7. The van der Waals surface area contributed by atoms with Crippen LogP contribution in [0.5, 0.6) is 0 Å². The van der Waals surface area contributed by atoms with Gasteiger partial charge in [-0.3, -0.25) is 15.1 Å². The van der Waals surface area contributed by atoms with E-state index in [2.05, 4.69) is 60.8 Å². The van der Waals surface area contributed by atoms with Crippen molar-refractivity contribution in [3.63, 3.8) is 0 Å². The van der Waals surface area contributed by atoms with Gasteiger partial charge in [0.15, 0.2) is 5.13 Å². The van der Waals surface area contributed by atoms with Gasteiger partial charge in [-0.1, -0.05) is 18.9 Å². The third-order valence-electron chi connectivity index (χ3n) is 7.57. The van der Waals surface area contributed by atoms with Crippen LogP contribution in [0.4, 0.5) is 4.39 Å². The maximum atomic E-state index is 13.7. The molecule has 0 spiro atoms. The second kappa shape index (κ2) is 9.78. The van der Waals surface area contributed by atoms with Crippen molar-refractivity contribution in [3.8, 4) is 33.0 Å². The zero-order chi connectivity index (χ0) is 25.5. The van der Waals surface area contributed by atoms with Crippen molar-refractivity contribution in [3.05, 3.63) is 77.9 Å². The number of rotatable bonds is 7. The number of pyridine rings is 2. The smallest absolute Gasteiger partial charge is 0.176 e. The van der Waals surface area contributed by atoms with Gasteiger partial charge in [-0.2, -0.15) is 9.49 Å². The Morgan fingerprint density at radius 3 is 2.66 bits per heavy atom. The SMILES string of the molecule is Fc1ccc(-c2cncc3[nH]c(-c4n[nH]c5ccc(-c6cncc(CNCC7CCCC7)c6)cc45)cc23)s1. The molecular formula is C30H27FN6S. The molecule has 1 aliphatic rings. The standard InChI is InChI=1S/C30H27FN6S/c31-29-8-7-28(38-29)24-16-34-17-27-22(24)11-26(35-27)30-23-10-20(5-6-25(23)36-37-30)21-9-19(14-33-15-21)13-32-12-18-3-1-2-4-18/h5-11,14-18,32,35H,1-4,12-13H2,(H,36,37). The number of hydrogen-bond acceptors (Lipinski definition) is 5. The van der Waals surface area contributed by atoms with Crippen molar-refractivity contribution < 1.29 is 4.39 Å². The van der Waals surface area contributed by atoms with Crippen molar-refractivity contribution in [2.24, 2.45) is 5.92 Å². The Labute approximate surface area is 223 Å². The molecule has 1 aliphatic carbocycles. The lowest BCUT2D eigenvalue weighted by atomic mass is 10.0. The molecule has 3 N–H and O–H groups in total. The number of benzene rings is 1. The summed E-state index contributed by atoms with van der Waals surface area (Å²) in [4.78, 5) is 13.2. The van der Waals surface area contributed by atoms with E-state index in [9.17, 15) is 4.39 Å². The van der Waals surface area contributed by atoms with Gasteiger partial charge in [-0.15, -0.1) is 11.3 Å². The maximum Gasteiger partial charge on any atom is 0.176 e. The normalized spacial score (nSPS) is 14.2. The Balaban J connectivity index is 1.20. The van der Waals surface area contributed by atoms with E-state index in [0.29, 0.717) is 0 Å². The van der Waals surface area contributed by atoms with E-state index < -0.39 is 0 Å². The van der Waals surface area contributed by atoms with Crippen molar-refractivity contribution in [2.45, 2.75) is 32.2 Å². The Kier molecular flexibility index (Phi) is 5.98. The highest BCUT2D eigenvalue weighted by Crippen LogP contribution is 2.36. The number of hydrogen-bond donors (Lipinski definition) is 3. The lowest BCUT2D eigenvalue weighted by Crippen LogP contribution is -2.20. The van der Waals surface area contributed by atoms with E-state index in [0.717, 1.165) is 85.1 Å². The molecule has 6 aromatic rings. The lowest BCUT2D eigenvalue weighted by Gasteiger charge is -2.11. The van der Waals surface area contributed by atoms with E-state index in [1.807, 2.05) is 12.4 Å². The molecule has 190 valence electrons. The minimum atomic E-state index is -0.207. The van der Waals surface area contributed by atoms with Crippen LogP contribution in [0.3, 0.4) is 0 Å². The predicted molar refractivity (Wildman–Crippen MR) is 151 cm³/mol. The summed E-state index contributed by atoms with van der Waals surface area (Å²) >= 11 is 1.12. The number of halogens is 1. The third kappa shape index (κ3) is 4.40. The number of aromatic amines is 2. The van der Waals surface area contributed by atoms with Gasteiger partial charge in [0.25, 0.3) is 0 Å². The first kappa shape index (κ1) is 23.3. The average molecular weight is 523 g/mol. The summed E-state index contributed by atoms with van der Waals surface area (Å²) in [5.74, 6) is 0.816. The van der Waals surface area contributed by atoms with Gasteiger partial charge in [0, 0.05) is 51.9 Å². The second-order valence-electron chi connectivity index (χ2n) is 10.1. The summed E-state index contributed by atoms with van der Waals surface area (Å²) in [6.45, 7) is 1.91. The first-order valence-corrected chi connectivity index (χ1v) is 13.9. The molecule has 0 atom stereocenters. The summed E-state index contributed by atoms with van der Waals surface area (Å²) < 4.78 is 13.7. The number of H-pyrrole nitrogens is 2. The van der Waals surface area contributed by atoms with Crippen molar-refractivity contribution in [1.82, 2.24) is 30.5 Å². The third-order valence-corrected chi connectivity index (χ3v) is 8.47. The topological polar surface area (TPSA) is 82.3 Å². The van der Waals surface area contributed by atoms with Crippen LogP contribution in [-0.2, 0) is 6.54 Å². The predicted octanol–water partition coefficient (Wildman–Crippen LogP) is 7.32. The highest BCUT2D eigenvalue weighted by atomic mass is 32.1. The quantitative estimate of drug-likeness (QED) is 0.205. The van der Waals surface area contributed by atoms with E-state index in [1.165, 1.54) is 37.3 Å². The van der Waals surface area contributed by atoms with E-state index >= 15 is 0 Å². The van der Waals surface area contributed by atoms with Crippen LogP contribution in [0.2, 0.25) is 0 Å². The Morgan fingerprint density at radius 1 is 0.895 bits per heavy atom. The molecule has 38 heavy (non-hydrogen) atoms. The zero-order valence-corrected chi connectivity index (χ0v) is 21.6. The molecule has 1 saturated carbocycles. The minimum absolute atomic E-state index is 0.207. The summed E-state index contributed by atoms with van der Waals surface area (Å²) in [7, 11) is 0. The Bertz CT molecular complexity index is 1740. The van der Waals surface area contributed by atoms with Gasteiger partial charge in [0.2, 0.25) is 0 Å². The van der Waals surface area contributed by atoms with E-state index in [-0.39, 0.29) is 5.13 Å². The molecule has 0 radical (unpaired) electrons. The number of nitrogens with zero attached hydrogens (tertiary/aromatic N) is 3. The summed E-state index contributed by atoms with van der Waals surface area (Å²) in [5.41, 5.74) is 7.85. The molecule has 6 nitrogen and oxygen atoms in total. The molecule has 0 bridgehead atoms. The van der Waals surface area contributed by atoms with Crippen LogP contribution >= 0.6 is 11.3 Å². The lowest BCUT2D eigenvalue weighted by molar-refractivity contribution is 0.489. The molecular weight excluding hydrogens is 495 g/mol. The van der Waals surface area contributed by atoms with Crippen LogP contribution in [0, 0.1) is 11.0 Å². The number of fused-ring (bicyclic) bond motifs is 2. The summed E-state index contributed by atoms with van der Waals surface area (Å²) in [5, 5.41) is 13.2. The molecule has 8 heteroatoms. The monoisotopic (exact) mass is 522 g/mol. The van der Waals surface area contributed by atoms with Gasteiger partial charge in [-0.05, 0) is 72.8 Å². The summed E-state index contributed by atoms with van der Waals surface area (Å²) in [6, 6.07) is 13.9. The van der Waals surface area contributed by atoms with Crippen molar-refractivity contribution in [1.29, 1.82) is 0 Å².